The molecule has 1 aromatic carbocycles. The summed E-state index contributed by atoms with van der Waals surface area (Å²) >= 11 is 1.16. The molecule has 110 valence electrons. The topological polar surface area (TPSA) is 90.1 Å². The van der Waals surface area contributed by atoms with Gasteiger partial charge in [-0.15, -0.1) is 0 Å². The SMILES string of the molecule is CSC(=O)NCc1ccc(COc2nccc(N)n2)cc1. The summed E-state index contributed by atoms with van der Waals surface area (Å²) in [7, 11) is 0. The Kier molecular flexibility index (Phi) is 5.39. The number of aromatic nitrogens is 2. The highest BCUT2D eigenvalue weighted by Crippen LogP contribution is 2.09. The molecule has 2 rings (SSSR count). The molecule has 6 nitrogen and oxygen atoms in total. The molecule has 0 spiro atoms. The molecular formula is C14H16N4O2S. The number of amides is 1. The first kappa shape index (κ1) is 15.1. The average Bonchev–Trinajstić information content (AvgIpc) is 2.51. The predicted molar refractivity (Wildman–Crippen MR) is 83.0 cm³/mol. The minimum atomic E-state index is -0.0405. The maximum Gasteiger partial charge on any atom is 0.318 e. The van der Waals surface area contributed by atoms with Gasteiger partial charge in [0.25, 0.3) is 5.24 Å². The summed E-state index contributed by atoms with van der Waals surface area (Å²) in [6.07, 6.45) is 3.30. The minimum absolute atomic E-state index is 0.0405. The molecule has 7 heteroatoms. The van der Waals surface area contributed by atoms with E-state index in [1.165, 1.54) is 0 Å². The molecule has 0 unspecified atom stereocenters. The van der Waals surface area contributed by atoms with Crippen molar-refractivity contribution in [3.8, 4) is 6.01 Å². The lowest BCUT2D eigenvalue weighted by molar-refractivity contribution is 0.260. The number of hydrogen-bond acceptors (Lipinski definition) is 6. The second-order valence-electron chi connectivity index (χ2n) is 4.21. The van der Waals surface area contributed by atoms with Gasteiger partial charge in [-0.3, -0.25) is 4.79 Å². The Morgan fingerprint density at radius 2 is 2.00 bits per heavy atom. The Hall–Kier alpha value is -2.28. The number of hydrogen-bond donors (Lipinski definition) is 2. The third-order valence-electron chi connectivity index (χ3n) is 2.67. The lowest BCUT2D eigenvalue weighted by Crippen LogP contribution is -2.17. The third-order valence-corrected chi connectivity index (χ3v) is 3.18. The zero-order valence-electron chi connectivity index (χ0n) is 11.6. The monoisotopic (exact) mass is 304 g/mol. The van der Waals surface area contributed by atoms with E-state index in [9.17, 15) is 4.79 Å². The van der Waals surface area contributed by atoms with Crippen molar-refractivity contribution in [2.75, 3.05) is 12.0 Å². The third kappa shape index (κ3) is 4.96. The number of thioether (sulfide) groups is 1. The van der Waals surface area contributed by atoms with Crippen LogP contribution in [0, 0.1) is 0 Å². The predicted octanol–water partition coefficient (Wildman–Crippen LogP) is 2.21. The van der Waals surface area contributed by atoms with Crippen molar-refractivity contribution in [1.29, 1.82) is 0 Å². The maximum absolute atomic E-state index is 11.1. The van der Waals surface area contributed by atoms with Gasteiger partial charge in [-0.1, -0.05) is 36.0 Å². The molecule has 0 aliphatic heterocycles. The molecular weight excluding hydrogens is 288 g/mol. The quantitative estimate of drug-likeness (QED) is 0.880. The lowest BCUT2D eigenvalue weighted by Gasteiger charge is -2.06. The van der Waals surface area contributed by atoms with Crippen LogP contribution in [0.15, 0.2) is 36.5 Å². The van der Waals surface area contributed by atoms with Crippen LogP contribution in [0.5, 0.6) is 6.01 Å². The normalized spacial score (nSPS) is 10.1. The minimum Gasteiger partial charge on any atom is -0.459 e. The Morgan fingerprint density at radius 3 is 2.67 bits per heavy atom. The van der Waals surface area contributed by atoms with E-state index in [2.05, 4.69) is 15.3 Å². The van der Waals surface area contributed by atoms with Crippen LogP contribution in [0.3, 0.4) is 0 Å². The van der Waals surface area contributed by atoms with Crippen LogP contribution < -0.4 is 15.8 Å². The summed E-state index contributed by atoms with van der Waals surface area (Å²) in [6, 6.07) is 9.62. The second kappa shape index (κ2) is 7.49. The van der Waals surface area contributed by atoms with Gasteiger partial charge in [-0.05, 0) is 23.4 Å². The van der Waals surface area contributed by atoms with Crippen LogP contribution in [0.1, 0.15) is 11.1 Å². The summed E-state index contributed by atoms with van der Waals surface area (Å²) in [5, 5.41) is 2.75. The van der Waals surface area contributed by atoms with E-state index in [1.54, 1.807) is 18.5 Å². The fourth-order valence-corrected chi connectivity index (χ4v) is 1.79. The lowest BCUT2D eigenvalue weighted by atomic mass is 10.1. The van der Waals surface area contributed by atoms with Crippen LogP contribution in [0.25, 0.3) is 0 Å². The standard InChI is InChI=1S/C14H16N4O2S/c1-21-14(19)17-8-10-2-4-11(5-3-10)9-20-13-16-7-6-12(15)18-13/h2-7H,8-9H2,1H3,(H,17,19)(H2,15,16,18). The number of carbonyl (C=O) groups is 1. The number of ether oxygens (including phenoxy) is 1. The van der Waals surface area contributed by atoms with E-state index >= 15 is 0 Å². The summed E-state index contributed by atoms with van der Waals surface area (Å²) in [5.41, 5.74) is 7.57. The molecule has 0 aliphatic carbocycles. The van der Waals surface area contributed by atoms with Crippen LogP contribution in [-0.4, -0.2) is 21.5 Å². The number of anilines is 1. The first-order chi connectivity index (χ1) is 10.2. The van der Waals surface area contributed by atoms with Gasteiger partial charge in [0, 0.05) is 12.7 Å². The number of nitrogens with zero attached hydrogens (tertiary/aromatic N) is 2. The van der Waals surface area contributed by atoms with Gasteiger partial charge < -0.3 is 15.8 Å². The molecule has 3 N–H and O–H groups in total. The Labute approximate surface area is 127 Å². The van der Waals surface area contributed by atoms with Crippen molar-refractivity contribution in [1.82, 2.24) is 15.3 Å². The zero-order valence-corrected chi connectivity index (χ0v) is 12.4. The Balaban J connectivity index is 1.86. The molecule has 0 bridgehead atoms. The first-order valence-corrected chi connectivity index (χ1v) is 7.51. The molecule has 0 aliphatic rings. The highest BCUT2D eigenvalue weighted by Gasteiger charge is 2.01. The van der Waals surface area contributed by atoms with Gasteiger partial charge >= 0.3 is 6.01 Å². The average molecular weight is 304 g/mol. The van der Waals surface area contributed by atoms with E-state index in [-0.39, 0.29) is 11.2 Å². The molecule has 0 saturated heterocycles. The van der Waals surface area contributed by atoms with Crippen LogP contribution in [0.2, 0.25) is 0 Å². The van der Waals surface area contributed by atoms with Crippen molar-refractivity contribution >= 4 is 22.8 Å². The van der Waals surface area contributed by atoms with Gasteiger partial charge in [0.1, 0.15) is 12.4 Å². The molecule has 1 aromatic heterocycles. The van der Waals surface area contributed by atoms with Gasteiger partial charge in [0.05, 0.1) is 0 Å². The highest BCUT2D eigenvalue weighted by molar-refractivity contribution is 8.12. The molecule has 1 amide bonds. The molecule has 0 atom stereocenters. The molecule has 0 radical (unpaired) electrons. The molecule has 21 heavy (non-hydrogen) atoms. The number of nitrogens with two attached hydrogens (primary N) is 1. The first-order valence-electron chi connectivity index (χ1n) is 6.28. The van der Waals surface area contributed by atoms with Crippen LogP contribution in [-0.2, 0) is 13.2 Å². The maximum atomic E-state index is 11.1. The zero-order chi connectivity index (χ0) is 15.1. The second-order valence-corrected chi connectivity index (χ2v) is 4.99. The smallest absolute Gasteiger partial charge is 0.318 e. The summed E-state index contributed by atoms with van der Waals surface area (Å²) in [4.78, 5) is 19.1. The van der Waals surface area contributed by atoms with Gasteiger partial charge in [0.15, 0.2) is 0 Å². The number of carbonyl (C=O) groups excluding carboxylic acids is 1. The van der Waals surface area contributed by atoms with E-state index in [0.29, 0.717) is 19.0 Å². The van der Waals surface area contributed by atoms with Crippen LogP contribution >= 0.6 is 11.8 Å². The van der Waals surface area contributed by atoms with Gasteiger partial charge in [-0.2, -0.15) is 4.98 Å². The van der Waals surface area contributed by atoms with Crippen molar-refractivity contribution < 1.29 is 9.53 Å². The number of rotatable bonds is 5. The van der Waals surface area contributed by atoms with E-state index < -0.39 is 0 Å². The Morgan fingerprint density at radius 1 is 1.29 bits per heavy atom. The summed E-state index contributed by atoms with van der Waals surface area (Å²) in [6.45, 7) is 0.875. The molecule has 2 aromatic rings. The molecule has 0 saturated carbocycles. The number of nitrogens with one attached hydrogen (secondary N) is 1. The number of nitrogen functional groups attached to an aromatic ring is 1. The largest absolute Gasteiger partial charge is 0.459 e. The summed E-state index contributed by atoms with van der Waals surface area (Å²) in [5.74, 6) is 0.375. The fourth-order valence-electron chi connectivity index (χ4n) is 1.57. The fraction of sp³-hybridized carbons (Fsp3) is 0.214. The van der Waals surface area contributed by atoms with Crippen molar-refractivity contribution in [3.63, 3.8) is 0 Å². The van der Waals surface area contributed by atoms with Crippen molar-refractivity contribution in [2.45, 2.75) is 13.2 Å². The van der Waals surface area contributed by atoms with E-state index in [4.69, 9.17) is 10.5 Å². The number of benzene rings is 1. The van der Waals surface area contributed by atoms with E-state index in [1.807, 2.05) is 24.3 Å². The van der Waals surface area contributed by atoms with Crippen LogP contribution in [0.4, 0.5) is 10.6 Å². The highest BCUT2D eigenvalue weighted by atomic mass is 32.2. The Bertz CT molecular complexity index is 604. The summed E-state index contributed by atoms with van der Waals surface area (Å²) < 4.78 is 5.45. The van der Waals surface area contributed by atoms with E-state index in [0.717, 1.165) is 22.9 Å². The molecule has 0 fully saturated rings. The van der Waals surface area contributed by atoms with Crippen molar-refractivity contribution in [3.05, 3.63) is 47.7 Å². The van der Waals surface area contributed by atoms with Gasteiger partial charge in [0.2, 0.25) is 0 Å². The molecule has 1 heterocycles. The van der Waals surface area contributed by atoms with Gasteiger partial charge in [-0.25, -0.2) is 4.98 Å². The van der Waals surface area contributed by atoms with Crippen molar-refractivity contribution in [2.24, 2.45) is 0 Å².